The fraction of sp³-hybridized carbons (Fsp3) is 0.500. The van der Waals surface area contributed by atoms with Crippen molar-refractivity contribution in [3.63, 3.8) is 0 Å². The summed E-state index contributed by atoms with van der Waals surface area (Å²) in [5.74, 6) is 0.145. The Hall–Kier alpha value is -1.66. The lowest BCUT2D eigenvalue weighted by atomic mass is 10.0. The lowest BCUT2D eigenvalue weighted by molar-refractivity contribution is -0.385. The van der Waals surface area contributed by atoms with Crippen LogP contribution in [-0.4, -0.2) is 23.4 Å². The molecular weight excluding hydrogens is 294 g/mol. The average molecular weight is 314 g/mol. The molecule has 0 aliphatic heterocycles. The number of aryl methyl sites for hydroxylation is 1. The highest BCUT2D eigenvalue weighted by atomic mass is 35.5. The summed E-state index contributed by atoms with van der Waals surface area (Å²) in [6, 6.07) is 4.54. The molecule has 0 bridgehead atoms. The van der Waals surface area contributed by atoms with Crippen LogP contribution in [0.3, 0.4) is 0 Å². The summed E-state index contributed by atoms with van der Waals surface area (Å²) in [7, 11) is 0. The molecule has 6 nitrogen and oxygen atoms in total. The minimum Gasteiger partial charge on any atom is -0.349 e. The molecule has 0 heterocycles. The number of nitro benzene ring substituents is 1. The minimum atomic E-state index is -0.446. The van der Waals surface area contributed by atoms with Gasteiger partial charge in [-0.25, -0.2) is 0 Å². The monoisotopic (exact) mass is 313 g/mol. The van der Waals surface area contributed by atoms with Crippen LogP contribution in [0.4, 0.5) is 5.69 Å². The highest BCUT2D eigenvalue weighted by Crippen LogP contribution is 2.25. The fourth-order valence-electron chi connectivity index (χ4n) is 2.76. The quantitative estimate of drug-likeness (QED) is 0.657. The second-order valence-electron chi connectivity index (χ2n) is 5.27. The van der Waals surface area contributed by atoms with Gasteiger partial charge in [0.25, 0.3) is 11.6 Å². The highest BCUT2D eigenvalue weighted by molar-refractivity contribution is 5.95. The number of hydrogen-bond acceptors (Lipinski definition) is 4. The van der Waals surface area contributed by atoms with Gasteiger partial charge in [-0.2, -0.15) is 0 Å². The number of amides is 1. The maximum Gasteiger partial charge on any atom is 0.272 e. The van der Waals surface area contributed by atoms with Crippen LogP contribution >= 0.6 is 12.4 Å². The third kappa shape index (κ3) is 3.92. The van der Waals surface area contributed by atoms with Crippen LogP contribution in [0.1, 0.15) is 35.2 Å². The van der Waals surface area contributed by atoms with Crippen LogP contribution in [0.2, 0.25) is 0 Å². The van der Waals surface area contributed by atoms with Crippen LogP contribution in [-0.2, 0) is 0 Å². The molecule has 1 aromatic rings. The van der Waals surface area contributed by atoms with E-state index in [1.807, 2.05) is 0 Å². The first-order chi connectivity index (χ1) is 9.52. The fourth-order valence-corrected chi connectivity index (χ4v) is 2.76. The number of halogens is 1. The van der Waals surface area contributed by atoms with Gasteiger partial charge in [0.15, 0.2) is 0 Å². The van der Waals surface area contributed by atoms with E-state index in [4.69, 9.17) is 5.73 Å². The van der Waals surface area contributed by atoms with E-state index in [1.165, 1.54) is 12.1 Å². The Labute approximate surface area is 129 Å². The Morgan fingerprint density at radius 2 is 2.19 bits per heavy atom. The van der Waals surface area contributed by atoms with Crippen LogP contribution in [0.25, 0.3) is 0 Å². The van der Waals surface area contributed by atoms with Gasteiger partial charge in [-0.3, -0.25) is 14.9 Å². The van der Waals surface area contributed by atoms with Gasteiger partial charge in [0.1, 0.15) is 0 Å². The van der Waals surface area contributed by atoms with Crippen molar-refractivity contribution in [2.75, 3.05) is 6.54 Å². The molecule has 1 aliphatic rings. The molecule has 2 atom stereocenters. The van der Waals surface area contributed by atoms with Gasteiger partial charge in [0.2, 0.25) is 0 Å². The zero-order valence-corrected chi connectivity index (χ0v) is 12.7. The Balaban J connectivity index is 0.00000220. The number of benzene rings is 1. The molecule has 0 aromatic heterocycles. The highest BCUT2D eigenvalue weighted by Gasteiger charge is 2.27. The predicted octanol–water partition coefficient (Wildman–Crippen LogP) is 2.18. The Bertz CT molecular complexity index is 536. The summed E-state index contributed by atoms with van der Waals surface area (Å²) in [6.07, 6.45) is 3.06. The van der Waals surface area contributed by atoms with Gasteiger partial charge >= 0.3 is 0 Å². The zero-order valence-electron chi connectivity index (χ0n) is 11.9. The summed E-state index contributed by atoms with van der Waals surface area (Å²) < 4.78 is 0. The molecule has 1 fully saturated rings. The number of carbonyl (C=O) groups is 1. The molecule has 21 heavy (non-hydrogen) atoms. The lowest BCUT2D eigenvalue weighted by Gasteiger charge is -2.19. The molecule has 0 spiro atoms. The number of rotatable bonds is 4. The van der Waals surface area contributed by atoms with Crippen molar-refractivity contribution in [2.45, 2.75) is 32.2 Å². The van der Waals surface area contributed by atoms with E-state index < -0.39 is 4.92 Å². The van der Waals surface area contributed by atoms with Gasteiger partial charge in [-0.15, -0.1) is 12.4 Å². The first-order valence-corrected chi connectivity index (χ1v) is 6.79. The second kappa shape index (κ2) is 7.38. The summed E-state index contributed by atoms with van der Waals surface area (Å²) in [6.45, 7) is 2.21. The molecule has 7 heteroatoms. The number of hydrogen-bond donors (Lipinski definition) is 2. The topological polar surface area (TPSA) is 98.3 Å². The number of nitrogens with one attached hydrogen (secondary N) is 1. The van der Waals surface area contributed by atoms with Gasteiger partial charge in [0.05, 0.1) is 4.92 Å². The van der Waals surface area contributed by atoms with Gasteiger partial charge in [0, 0.05) is 23.2 Å². The molecule has 1 aliphatic carbocycles. The largest absolute Gasteiger partial charge is 0.349 e. The summed E-state index contributed by atoms with van der Waals surface area (Å²) in [4.78, 5) is 22.5. The van der Waals surface area contributed by atoms with E-state index in [2.05, 4.69) is 5.32 Å². The molecule has 116 valence electrons. The van der Waals surface area contributed by atoms with Crippen molar-refractivity contribution < 1.29 is 9.72 Å². The molecule has 2 rings (SSSR count). The van der Waals surface area contributed by atoms with E-state index >= 15 is 0 Å². The number of nitrogens with two attached hydrogens (primary N) is 1. The third-order valence-corrected chi connectivity index (χ3v) is 3.93. The lowest BCUT2D eigenvalue weighted by Crippen LogP contribution is -2.39. The van der Waals surface area contributed by atoms with Crippen molar-refractivity contribution in [3.8, 4) is 0 Å². The normalized spacial score (nSPS) is 20.7. The second-order valence-corrected chi connectivity index (χ2v) is 5.27. The standard InChI is InChI=1S/C14H19N3O3.ClH/c1-9-7-10(5-6-13(9)17(19)20)14(18)16-12-4-2-3-11(12)8-15;/h5-7,11-12H,2-4,8,15H2,1H3,(H,16,18);1H. The van der Waals surface area contributed by atoms with Crippen molar-refractivity contribution >= 4 is 24.0 Å². The molecule has 3 N–H and O–H groups in total. The van der Waals surface area contributed by atoms with Crippen LogP contribution in [0, 0.1) is 23.0 Å². The number of carbonyl (C=O) groups excluding carboxylic acids is 1. The van der Waals surface area contributed by atoms with Crippen molar-refractivity contribution in [1.29, 1.82) is 0 Å². The van der Waals surface area contributed by atoms with Crippen LogP contribution in [0.5, 0.6) is 0 Å². The van der Waals surface area contributed by atoms with E-state index in [0.717, 1.165) is 19.3 Å². The van der Waals surface area contributed by atoms with Gasteiger partial charge < -0.3 is 11.1 Å². The van der Waals surface area contributed by atoms with Crippen molar-refractivity contribution in [2.24, 2.45) is 11.7 Å². The van der Waals surface area contributed by atoms with E-state index in [9.17, 15) is 14.9 Å². The molecule has 1 aromatic carbocycles. The van der Waals surface area contributed by atoms with E-state index in [-0.39, 0.29) is 30.0 Å². The summed E-state index contributed by atoms with van der Waals surface area (Å²) in [5.41, 5.74) is 6.66. The Kier molecular flexibility index (Phi) is 6.11. The first-order valence-electron chi connectivity index (χ1n) is 6.79. The molecule has 0 saturated heterocycles. The van der Waals surface area contributed by atoms with Gasteiger partial charge in [-0.05, 0) is 44.4 Å². The van der Waals surface area contributed by atoms with E-state index in [1.54, 1.807) is 13.0 Å². The van der Waals surface area contributed by atoms with Crippen molar-refractivity contribution in [1.82, 2.24) is 5.32 Å². The van der Waals surface area contributed by atoms with Crippen LogP contribution < -0.4 is 11.1 Å². The molecular formula is C14H20ClN3O3. The zero-order chi connectivity index (χ0) is 14.7. The maximum atomic E-state index is 12.2. The third-order valence-electron chi connectivity index (χ3n) is 3.93. The summed E-state index contributed by atoms with van der Waals surface area (Å²) >= 11 is 0. The summed E-state index contributed by atoms with van der Waals surface area (Å²) in [5, 5.41) is 13.7. The number of nitrogens with zero attached hydrogens (tertiary/aromatic N) is 1. The minimum absolute atomic E-state index is 0. The molecule has 1 amide bonds. The predicted molar refractivity (Wildman–Crippen MR) is 82.7 cm³/mol. The molecule has 1 saturated carbocycles. The molecule has 0 radical (unpaired) electrons. The number of nitro groups is 1. The van der Waals surface area contributed by atoms with Crippen LogP contribution in [0.15, 0.2) is 18.2 Å². The van der Waals surface area contributed by atoms with E-state index in [0.29, 0.717) is 23.6 Å². The van der Waals surface area contributed by atoms with Crippen molar-refractivity contribution in [3.05, 3.63) is 39.4 Å². The SMILES string of the molecule is Cc1cc(C(=O)NC2CCCC2CN)ccc1[N+](=O)[O-].Cl. The van der Waals surface area contributed by atoms with Gasteiger partial charge in [-0.1, -0.05) is 6.42 Å². The Morgan fingerprint density at radius 1 is 1.48 bits per heavy atom. The first kappa shape index (κ1) is 17.4. The smallest absolute Gasteiger partial charge is 0.272 e. The Morgan fingerprint density at radius 3 is 2.76 bits per heavy atom. The maximum absolute atomic E-state index is 12.2. The molecule has 2 unspecified atom stereocenters. The average Bonchev–Trinajstić information content (AvgIpc) is 2.85.